The van der Waals surface area contributed by atoms with Crippen molar-refractivity contribution >= 4 is 0 Å². The van der Waals surface area contributed by atoms with Gasteiger partial charge in [0, 0.05) is 18.6 Å². The minimum absolute atomic E-state index is 0.00239. The second kappa shape index (κ2) is 8.77. The lowest BCUT2D eigenvalue weighted by Gasteiger charge is -2.28. The van der Waals surface area contributed by atoms with Crippen molar-refractivity contribution in [2.24, 2.45) is 5.92 Å². The summed E-state index contributed by atoms with van der Waals surface area (Å²) in [5.41, 5.74) is 2.65. The number of benzene rings is 2. The average molecular weight is 358 g/mol. The van der Waals surface area contributed by atoms with E-state index in [1.54, 1.807) is 0 Å². The van der Waals surface area contributed by atoms with Crippen LogP contribution in [0.15, 0.2) is 36.4 Å². The van der Waals surface area contributed by atoms with Crippen LogP contribution in [-0.4, -0.2) is 11.7 Å². The van der Waals surface area contributed by atoms with Crippen molar-refractivity contribution in [3.05, 3.63) is 59.2 Å². The van der Waals surface area contributed by atoms with Crippen LogP contribution >= 0.6 is 0 Å². The Morgan fingerprint density at radius 2 is 1.54 bits per heavy atom. The predicted octanol–water partition coefficient (Wildman–Crippen LogP) is 6.24. The molecule has 3 heteroatoms. The molecule has 0 spiro atoms. The molecule has 0 radical (unpaired) electrons. The molecule has 1 fully saturated rings. The van der Waals surface area contributed by atoms with Crippen LogP contribution in [0.25, 0.3) is 11.1 Å². The van der Waals surface area contributed by atoms with Crippen molar-refractivity contribution in [2.45, 2.75) is 57.8 Å². The summed E-state index contributed by atoms with van der Waals surface area (Å²) in [6.45, 7) is 2.00. The number of hydrogen-bond acceptors (Lipinski definition) is 1. The lowest BCUT2D eigenvalue weighted by atomic mass is 9.77. The molecule has 0 atom stereocenters. The highest BCUT2D eigenvalue weighted by Crippen LogP contribution is 2.38. The Bertz CT molecular complexity index is 692. The average Bonchev–Trinajstić information content (AvgIpc) is 2.66. The van der Waals surface area contributed by atoms with Gasteiger partial charge < -0.3 is 5.11 Å². The van der Waals surface area contributed by atoms with Crippen molar-refractivity contribution < 1.29 is 13.9 Å². The Morgan fingerprint density at radius 3 is 2.08 bits per heavy atom. The van der Waals surface area contributed by atoms with Gasteiger partial charge in [0.25, 0.3) is 0 Å². The molecule has 1 nitrogen and oxygen atoms in total. The first-order chi connectivity index (χ1) is 12.6. The van der Waals surface area contributed by atoms with Gasteiger partial charge in [-0.15, -0.1) is 0 Å². The van der Waals surface area contributed by atoms with E-state index in [2.05, 4.69) is 19.1 Å². The summed E-state index contributed by atoms with van der Waals surface area (Å²) in [7, 11) is 0. The third-order valence-corrected chi connectivity index (χ3v) is 5.76. The third kappa shape index (κ3) is 4.32. The molecule has 1 aliphatic carbocycles. The van der Waals surface area contributed by atoms with Crippen LogP contribution in [0.5, 0.6) is 0 Å². The van der Waals surface area contributed by atoms with Crippen LogP contribution in [0.2, 0.25) is 0 Å². The van der Waals surface area contributed by atoms with Gasteiger partial charge in [-0.25, -0.2) is 8.78 Å². The van der Waals surface area contributed by atoms with E-state index in [0.717, 1.165) is 11.5 Å². The van der Waals surface area contributed by atoms with Gasteiger partial charge in [0.2, 0.25) is 0 Å². The Hall–Kier alpha value is -1.74. The van der Waals surface area contributed by atoms with E-state index in [-0.39, 0.29) is 18.6 Å². The molecule has 1 saturated carbocycles. The molecule has 26 heavy (non-hydrogen) atoms. The molecule has 2 aromatic rings. The molecule has 0 aliphatic heterocycles. The van der Waals surface area contributed by atoms with Crippen LogP contribution in [-0.2, 0) is 6.42 Å². The van der Waals surface area contributed by atoms with E-state index < -0.39 is 11.6 Å². The Morgan fingerprint density at radius 1 is 0.923 bits per heavy atom. The molecule has 0 bridgehead atoms. The smallest absolute Gasteiger partial charge is 0.130 e. The highest BCUT2D eigenvalue weighted by molar-refractivity contribution is 5.64. The van der Waals surface area contributed by atoms with Gasteiger partial charge in [-0.1, -0.05) is 44.0 Å². The Balaban J connectivity index is 1.72. The monoisotopic (exact) mass is 358 g/mol. The van der Waals surface area contributed by atoms with Gasteiger partial charge in [0.1, 0.15) is 11.6 Å². The van der Waals surface area contributed by atoms with E-state index >= 15 is 0 Å². The highest BCUT2D eigenvalue weighted by atomic mass is 19.1. The van der Waals surface area contributed by atoms with Gasteiger partial charge in [0.05, 0.1) is 0 Å². The molecule has 3 rings (SSSR count). The molecular formula is C23H28F2O. The second-order valence-electron chi connectivity index (χ2n) is 7.52. The molecule has 0 amide bonds. The molecule has 140 valence electrons. The zero-order valence-electron chi connectivity index (χ0n) is 15.5. The standard InChI is InChI=1S/C23H28F2O/c1-2-3-16-4-6-17(7-5-16)18-8-10-19(11-9-18)20-14-22(24)21(12-13-26)23(25)15-20/h8-11,14-17,26H,2-7,12-13H2,1H3. The number of halogens is 2. The summed E-state index contributed by atoms with van der Waals surface area (Å²) >= 11 is 0. The minimum Gasteiger partial charge on any atom is -0.396 e. The maximum atomic E-state index is 14.1. The summed E-state index contributed by atoms with van der Waals surface area (Å²) in [6, 6.07) is 10.9. The summed E-state index contributed by atoms with van der Waals surface area (Å²) in [5.74, 6) is 0.316. The SMILES string of the molecule is CCCC1CCC(c2ccc(-c3cc(F)c(CCO)c(F)c3)cc2)CC1. The fourth-order valence-electron chi connectivity index (χ4n) is 4.26. The summed E-state index contributed by atoms with van der Waals surface area (Å²) in [6.07, 6.45) is 7.71. The van der Waals surface area contributed by atoms with Crippen molar-refractivity contribution in [1.29, 1.82) is 0 Å². The molecule has 1 N–H and O–H groups in total. The molecule has 1 aliphatic rings. The van der Waals surface area contributed by atoms with Crippen molar-refractivity contribution in [1.82, 2.24) is 0 Å². The van der Waals surface area contributed by atoms with E-state index in [1.807, 2.05) is 12.1 Å². The van der Waals surface area contributed by atoms with Crippen LogP contribution in [0.1, 0.15) is 62.5 Å². The summed E-state index contributed by atoms with van der Waals surface area (Å²) in [4.78, 5) is 0. The first-order valence-electron chi connectivity index (χ1n) is 9.81. The molecule has 2 aromatic carbocycles. The Labute approximate surface area is 155 Å². The van der Waals surface area contributed by atoms with Gasteiger partial charge >= 0.3 is 0 Å². The fourth-order valence-corrected chi connectivity index (χ4v) is 4.26. The zero-order chi connectivity index (χ0) is 18.5. The van der Waals surface area contributed by atoms with Gasteiger partial charge in [-0.05, 0) is 66.3 Å². The van der Waals surface area contributed by atoms with Crippen LogP contribution < -0.4 is 0 Å². The van der Waals surface area contributed by atoms with Crippen LogP contribution in [0.4, 0.5) is 8.78 Å². The lowest BCUT2D eigenvalue weighted by molar-refractivity contribution is 0.295. The van der Waals surface area contributed by atoms with E-state index in [9.17, 15) is 8.78 Å². The zero-order valence-corrected chi connectivity index (χ0v) is 15.5. The largest absolute Gasteiger partial charge is 0.396 e. The normalized spacial score (nSPS) is 20.3. The van der Waals surface area contributed by atoms with Gasteiger partial charge in [-0.3, -0.25) is 0 Å². The van der Waals surface area contributed by atoms with E-state index in [4.69, 9.17) is 5.11 Å². The maximum Gasteiger partial charge on any atom is 0.130 e. The van der Waals surface area contributed by atoms with E-state index in [0.29, 0.717) is 11.5 Å². The molecular weight excluding hydrogens is 330 g/mol. The van der Waals surface area contributed by atoms with Crippen molar-refractivity contribution in [3.8, 4) is 11.1 Å². The highest BCUT2D eigenvalue weighted by Gasteiger charge is 2.21. The second-order valence-corrected chi connectivity index (χ2v) is 7.52. The number of aliphatic hydroxyl groups excluding tert-OH is 1. The third-order valence-electron chi connectivity index (χ3n) is 5.76. The van der Waals surface area contributed by atoms with Crippen LogP contribution in [0, 0.1) is 17.6 Å². The van der Waals surface area contributed by atoms with Crippen molar-refractivity contribution in [3.63, 3.8) is 0 Å². The Kier molecular flexibility index (Phi) is 6.42. The fraction of sp³-hybridized carbons (Fsp3) is 0.478. The maximum absolute atomic E-state index is 14.1. The lowest BCUT2D eigenvalue weighted by Crippen LogP contribution is -2.13. The minimum atomic E-state index is -0.590. The topological polar surface area (TPSA) is 20.2 Å². The molecule has 0 heterocycles. The number of rotatable bonds is 6. The molecule has 0 unspecified atom stereocenters. The van der Waals surface area contributed by atoms with Gasteiger partial charge in [0.15, 0.2) is 0 Å². The molecule has 0 saturated heterocycles. The quantitative estimate of drug-likeness (QED) is 0.648. The summed E-state index contributed by atoms with van der Waals surface area (Å²) in [5, 5.41) is 8.92. The summed E-state index contributed by atoms with van der Waals surface area (Å²) < 4.78 is 28.2. The van der Waals surface area contributed by atoms with E-state index in [1.165, 1.54) is 56.2 Å². The van der Waals surface area contributed by atoms with Crippen LogP contribution in [0.3, 0.4) is 0 Å². The predicted molar refractivity (Wildman–Crippen MR) is 102 cm³/mol. The molecule has 0 aromatic heterocycles. The van der Waals surface area contributed by atoms with Crippen molar-refractivity contribution in [2.75, 3.05) is 6.61 Å². The van der Waals surface area contributed by atoms with Gasteiger partial charge in [-0.2, -0.15) is 0 Å². The first-order valence-corrected chi connectivity index (χ1v) is 9.81. The number of hydrogen-bond donors (Lipinski definition) is 1. The number of aliphatic hydroxyl groups is 1. The first kappa shape index (κ1) is 19.0.